The molecule has 4 rings (SSSR count). The van der Waals surface area contributed by atoms with Gasteiger partial charge in [0.05, 0.1) is 22.0 Å². The minimum atomic E-state index is -4.65. The molecule has 1 heterocycles. The maximum absolute atomic E-state index is 11.7. The second kappa shape index (κ2) is 7.11. The Hall–Kier alpha value is -2.44. The van der Waals surface area contributed by atoms with Crippen LogP contribution in [0, 0.1) is 0 Å². The molecule has 11 heteroatoms. The highest BCUT2D eigenvalue weighted by molar-refractivity contribution is 8.04. The number of fused-ring (bicyclic) bond motifs is 2. The summed E-state index contributed by atoms with van der Waals surface area (Å²) in [7, 11) is -9.22. The minimum Gasteiger partial charge on any atom is -0.353 e. The highest BCUT2D eigenvalue weighted by Gasteiger charge is 2.26. The number of nitrogens with zero attached hydrogens (tertiary/aromatic N) is 1. The average Bonchev–Trinajstić information content (AvgIpc) is 2.65. The van der Waals surface area contributed by atoms with Crippen molar-refractivity contribution in [2.75, 3.05) is 5.32 Å². The lowest BCUT2D eigenvalue weighted by molar-refractivity contribution is 0.479. The van der Waals surface area contributed by atoms with Gasteiger partial charge in [0, 0.05) is 9.80 Å². The summed E-state index contributed by atoms with van der Waals surface area (Å²) >= 11 is 1.52. The summed E-state index contributed by atoms with van der Waals surface area (Å²) in [4.78, 5) is 5.44. The number of thioether (sulfide) groups is 1. The Labute approximate surface area is 171 Å². The molecule has 150 valence electrons. The normalized spacial score (nSPS) is 16.1. The highest BCUT2D eigenvalue weighted by atomic mass is 32.2. The van der Waals surface area contributed by atoms with Crippen molar-refractivity contribution in [3.63, 3.8) is 0 Å². The predicted octanol–water partition coefficient (Wildman–Crippen LogP) is 3.64. The largest absolute Gasteiger partial charge is 0.353 e. The summed E-state index contributed by atoms with van der Waals surface area (Å²) in [5, 5.41) is 2.86. The SMILES string of the molecule is O=S(=O)(O)c1ccc(S(=O)(=O)O)c(NC2=CCC=C3Sc4ccccc4N=C23)c1. The van der Waals surface area contributed by atoms with Crippen molar-refractivity contribution in [1.82, 2.24) is 0 Å². The molecule has 2 aliphatic rings. The van der Waals surface area contributed by atoms with Crippen LogP contribution in [-0.4, -0.2) is 31.7 Å². The fourth-order valence-electron chi connectivity index (χ4n) is 2.94. The van der Waals surface area contributed by atoms with Gasteiger partial charge >= 0.3 is 0 Å². The van der Waals surface area contributed by atoms with Gasteiger partial charge in [-0.05, 0) is 36.8 Å². The molecule has 0 amide bonds. The lowest BCUT2D eigenvalue weighted by Gasteiger charge is -2.24. The quantitative estimate of drug-likeness (QED) is 0.601. The topological polar surface area (TPSA) is 133 Å². The van der Waals surface area contributed by atoms with E-state index in [1.165, 1.54) is 11.8 Å². The van der Waals surface area contributed by atoms with Crippen molar-refractivity contribution in [1.29, 1.82) is 0 Å². The standard InChI is InChI=1S/C18H14N2O6S3/c21-28(22,23)11-8-9-17(29(24,25)26)14(10-11)19-13-5-3-7-16-18(13)20-12-4-1-2-6-15(12)27-16/h1-2,4-10,19H,3H2,(H,21,22,23)(H,24,25,26). The molecule has 3 N–H and O–H groups in total. The Balaban J connectivity index is 1.80. The number of aliphatic imine (C=N–C) groups is 1. The Morgan fingerprint density at radius 3 is 2.45 bits per heavy atom. The third kappa shape index (κ3) is 4.00. The second-order valence-electron chi connectivity index (χ2n) is 6.19. The first kappa shape index (κ1) is 19.9. The van der Waals surface area contributed by atoms with Gasteiger partial charge in [-0.1, -0.05) is 36.0 Å². The Morgan fingerprint density at radius 1 is 0.966 bits per heavy atom. The van der Waals surface area contributed by atoms with Gasteiger partial charge in [0.25, 0.3) is 20.2 Å². The highest BCUT2D eigenvalue weighted by Crippen LogP contribution is 2.43. The molecule has 0 atom stereocenters. The number of hydrogen-bond donors (Lipinski definition) is 3. The predicted molar refractivity (Wildman–Crippen MR) is 110 cm³/mol. The summed E-state index contributed by atoms with van der Waals surface area (Å²) in [5.74, 6) is 0. The molecule has 1 aliphatic carbocycles. The van der Waals surface area contributed by atoms with E-state index in [9.17, 15) is 25.9 Å². The molecule has 0 fully saturated rings. The summed E-state index contributed by atoms with van der Waals surface area (Å²) in [6.45, 7) is 0. The van der Waals surface area contributed by atoms with Crippen LogP contribution >= 0.6 is 11.8 Å². The van der Waals surface area contributed by atoms with Crippen LogP contribution in [0.2, 0.25) is 0 Å². The smallest absolute Gasteiger partial charge is 0.296 e. The molecule has 2 aromatic rings. The van der Waals surface area contributed by atoms with Gasteiger partial charge in [-0.3, -0.25) is 9.11 Å². The molecule has 1 aliphatic heterocycles. The van der Waals surface area contributed by atoms with Crippen molar-refractivity contribution in [2.45, 2.75) is 21.1 Å². The van der Waals surface area contributed by atoms with Crippen LogP contribution in [-0.2, 0) is 20.2 Å². The van der Waals surface area contributed by atoms with Crippen LogP contribution in [0.5, 0.6) is 0 Å². The van der Waals surface area contributed by atoms with E-state index < -0.39 is 30.0 Å². The van der Waals surface area contributed by atoms with Crippen molar-refractivity contribution in [3.05, 3.63) is 65.2 Å². The zero-order chi connectivity index (χ0) is 20.8. The molecule has 29 heavy (non-hydrogen) atoms. The zero-order valence-electron chi connectivity index (χ0n) is 14.6. The van der Waals surface area contributed by atoms with Gasteiger partial charge in [-0.2, -0.15) is 16.8 Å². The lowest BCUT2D eigenvalue weighted by atomic mass is 10.1. The van der Waals surface area contributed by atoms with Crippen molar-refractivity contribution >= 4 is 49.1 Å². The first-order valence-corrected chi connectivity index (χ1v) is 12.0. The third-order valence-electron chi connectivity index (χ3n) is 4.23. The van der Waals surface area contributed by atoms with E-state index in [4.69, 9.17) is 0 Å². The van der Waals surface area contributed by atoms with E-state index >= 15 is 0 Å². The fourth-order valence-corrected chi connectivity index (χ4v) is 5.11. The minimum absolute atomic E-state index is 0.193. The number of para-hydroxylation sites is 1. The maximum atomic E-state index is 11.7. The number of anilines is 1. The van der Waals surface area contributed by atoms with E-state index in [-0.39, 0.29) is 5.69 Å². The Kier molecular flexibility index (Phi) is 4.87. The van der Waals surface area contributed by atoms with Crippen molar-refractivity contribution < 1.29 is 25.9 Å². The van der Waals surface area contributed by atoms with E-state index in [0.29, 0.717) is 17.8 Å². The van der Waals surface area contributed by atoms with Gasteiger partial charge in [-0.15, -0.1) is 0 Å². The molecular weight excluding hydrogens is 436 g/mol. The number of nitrogens with one attached hydrogen (secondary N) is 1. The summed E-state index contributed by atoms with van der Waals surface area (Å²) < 4.78 is 65.2. The summed E-state index contributed by atoms with van der Waals surface area (Å²) in [6.07, 6.45) is 4.29. The second-order valence-corrected chi connectivity index (χ2v) is 10.1. The van der Waals surface area contributed by atoms with Crippen LogP contribution in [0.3, 0.4) is 0 Å². The molecule has 8 nitrogen and oxygen atoms in total. The first-order valence-electron chi connectivity index (χ1n) is 8.25. The van der Waals surface area contributed by atoms with Gasteiger partial charge in [-0.25, -0.2) is 4.99 Å². The molecule has 0 unspecified atom stereocenters. The Bertz CT molecular complexity index is 1330. The molecule has 0 saturated heterocycles. The summed E-state index contributed by atoms with van der Waals surface area (Å²) in [5.41, 5.74) is 1.59. The number of rotatable bonds is 4. The van der Waals surface area contributed by atoms with E-state index in [2.05, 4.69) is 10.3 Å². The fraction of sp³-hybridized carbons (Fsp3) is 0.0556. The molecule has 0 radical (unpaired) electrons. The van der Waals surface area contributed by atoms with Crippen LogP contribution in [0.25, 0.3) is 0 Å². The van der Waals surface area contributed by atoms with Crippen LogP contribution < -0.4 is 5.32 Å². The Morgan fingerprint density at radius 2 is 1.72 bits per heavy atom. The zero-order valence-corrected chi connectivity index (χ0v) is 17.1. The van der Waals surface area contributed by atoms with Crippen LogP contribution in [0.1, 0.15) is 6.42 Å². The molecule has 0 aromatic heterocycles. The van der Waals surface area contributed by atoms with Crippen LogP contribution in [0.15, 0.2) is 84.9 Å². The third-order valence-corrected chi connectivity index (χ3v) is 7.13. The molecule has 0 bridgehead atoms. The van der Waals surface area contributed by atoms with E-state index in [1.807, 2.05) is 30.3 Å². The van der Waals surface area contributed by atoms with Crippen LogP contribution in [0.4, 0.5) is 11.4 Å². The van der Waals surface area contributed by atoms with E-state index in [0.717, 1.165) is 33.7 Å². The number of allylic oxidation sites excluding steroid dienone is 3. The van der Waals surface area contributed by atoms with Gasteiger partial charge in [0.15, 0.2) is 0 Å². The number of benzene rings is 2. The van der Waals surface area contributed by atoms with Gasteiger partial charge in [0.1, 0.15) is 10.6 Å². The van der Waals surface area contributed by atoms with Crippen molar-refractivity contribution in [3.8, 4) is 0 Å². The maximum Gasteiger partial charge on any atom is 0.296 e. The molecular formula is C18H14N2O6S3. The molecule has 0 saturated carbocycles. The van der Waals surface area contributed by atoms with Gasteiger partial charge < -0.3 is 5.32 Å². The average molecular weight is 451 g/mol. The lowest BCUT2D eigenvalue weighted by Crippen LogP contribution is -2.18. The monoisotopic (exact) mass is 450 g/mol. The molecule has 0 spiro atoms. The van der Waals surface area contributed by atoms with E-state index in [1.54, 1.807) is 6.08 Å². The van der Waals surface area contributed by atoms with Crippen molar-refractivity contribution in [2.24, 2.45) is 4.99 Å². The molecule has 2 aromatic carbocycles. The first-order chi connectivity index (χ1) is 13.6. The summed E-state index contributed by atoms with van der Waals surface area (Å²) in [6, 6.07) is 10.3. The van der Waals surface area contributed by atoms with Gasteiger partial charge in [0.2, 0.25) is 0 Å². The number of hydrogen-bond acceptors (Lipinski definition) is 7.